The summed E-state index contributed by atoms with van der Waals surface area (Å²) in [5.74, 6) is -0.0360. The number of nitrogens with zero attached hydrogens (tertiary/aromatic N) is 1. The van der Waals surface area contributed by atoms with E-state index in [4.69, 9.17) is 4.74 Å². The topological polar surface area (TPSA) is 53.1 Å². The van der Waals surface area contributed by atoms with Crippen molar-refractivity contribution in [1.29, 1.82) is 0 Å². The van der Waals surface area contributed by atoms with Crippen molar-refractivity contribution in [2.24, 2.45) is 0 Å². The van der Waals surface area contributed by atoms with E-state index >= 15 is 0 Å². The third-order valence-corrected chi connectivity index (χ3v) is 4.19. The average molecular weight is 299 g/mol. The first kappa shape index (κ1) is 18.4. The summed E-state index contributed by atoms with van der Waals surface area (Å²) in [6.45, 7) is 2.24. The SMILES string of the molecule is CCCCCCCCCCCC(O)[C@@H]1O[C@@H]1C(=O)N(C)C. The van der Waals surface area contributed by atoms with Crippen molar-refractivity contribution in [2.45, 2.75) is 89.4 Å². The Labute approximate surface area is 129 Å². The largest absolute Gasteiger partial charge is 0.390 e. The Balaban J connectivity index is 1.93. The van der Waals surface area contributed by atoms with Crippen LogP contribution < -0.4 is 0 Å². The van der Waals surface area contributed by atoms with Gasteiger partial charge in [0.2, 0.25) is 0 Å². The number of amides is 1. The number of hydrogen-bond donors (Lipinski definition) is 1. The number of unbranched alkanes of at least 4 members (excludes halogenated alkanes) is 8. The number of likely N-dealkylation sites (N-methyl/N-ethyl adjacent to an activating group) is 1. The first-order valence-electron chi connectivity index (χ1n) is 8.62. The predicted molar refractivity (Wildman–Crippen MR) is 85.2 cm³/mol. The molecular formula is C17H33NO3. The van der Waals surface area contributed by atoms with Gasteiger partial charge in [0.1, 0.15) is 6.10 Å². The Hall–Kier alpha value is -0.610. The number of rotatable bonds is 12. The van der Waals surface area contributed by atoms with E-state index in [0.29, 0.717) is 0 Å². The van der Waals surface area contributed by atoms with Gasteiger partial charge in [0.15, 0.2) is 6.10 Å². The van der Waals surface area contributed by atoms with Crippen LogP contribution in [-0.4, -0.2) is 48.3 Å². The van der Waals surface area contributed by atoms with Crippen molar-refractivity contribution in [3.8, 4) is 0 Å². The molecular weight excluding hydrogens is 266 g/mol. The highest BCUT2D eigenvalue weighted by molar-refractivity contribution is 5.83. The minimum absolute atomic E-state index is 0.0360. The van der Waals surface area contributed by atoms with Crippen LogP contribution in [0.4, 0.5) is 0 Å². The van der Waals surface area contributed by atoms with Crippen molar-refractivity contribution in [3.05, 3.63) is 0 Å². The molecule has 1 rings (SSSR count). The number of carbonyl (C=O) groups is 1. The molecule has 124 valence electrons. The highest BCUT2D eigenvalue weighted by atomic mass is 16.6. The number of ether oxygens (including phenoxy) is 1. The van der Waals surface area contributed by atoms with Crippen LogP contribution in [0, 0.1) is 0 Å². The molecule has 3 atom stereocenters. The highest BCUT2D eigenvalue weighted by Gasteiger charge is 2.49. The van der Waals surface area contributed by atoms with Gasteiger partial charge in [-0.1, -0.05) is 64.7 Å². The molecule has 0 saturated carbocycles. The zero-order valence-electron chi connectivity index (χ0n) is 14.0. The minimum atomic E-state index is -0.483. The van der Waals surface area contributed by atoms with Gasteiger partial charge in [0.25, 0.3) is 5.91 Å². The lowest BCUT2D eigenvalue weighted by atomic mass is 10.0. The van der Waals surface area contributed by atoms with Gasteiger partial charge in [-0.05, 0) is 6.42 Å². The molecule has 0 aliphatic carbocycles. The van der Waals surface area contributed by atoms with Crippen LogP contribution in [0.5, 0.6) is 0 Å². The van der Waals surface area contributed by atoms with E-state index in [2.05, 4.69) is 6.92 Å². The quantitative estimate of drug-likeness (QED) is 0.445. The van der Waals surface area contributed by atoms with Gasteiger partial charge in [-0.3, -0.25) is 4.79 Å². The minimum Gasteiger partial charge on any atom is -0.390 e. The summed E-state index contributed by atoms with van der Waals surface area (Å²) in [4.78, 5) is 13.2. The molecule has 4 nitrogen and oxygen atoms in total. The number of carbonyl (C=O) groups excluding carboxylic acids is 1. The van der Waals surface area contributed by atoms with E-state index in [9.17, 15) is 9.90 Å². The van der Waals surface area contributed by atoms with Gasteiger partial charge in [-0.2, -0.15) is 0 Å². The Morgan fingerprint density at radius 2 is 1.57 bits per heavy atom. The fourth-order valence-electron chi connectivity index (χ4n) is 2.70. The second kappa shape index (κ2) is 10.2. The Morgan fingerprint density at radius 3 is 2.10 bits per heavy atom. The predicted octanol–water partition coefficient (Wildman–Crippen LogP) is 3.12. The summed E-state index contributed by atoms with van der Waals surface area (Å²) >= 11 is 0. The zero-order chi connectivity index (χ0) is 15.7. The first-order valence-corrected chi connectivity index (χ1v) is 8.62. The lowest BCUT2D eigenvalue weighted by molar-refractivity contribution is -0.130. The number of epoxide rings is 1. The molecule has 0 aromatic heterocycles. The van der Waals surface area contributed by atoms with E-state index in [-0.39, 0.29) is 12.0 Å². The van der Waals surface area contributed by atoms with Gasteiger partial charge in [0.05, 0.1) is 6.10 Å². The Kier molecular flexibility index (Phi) is 8.93. The third-order valence-electron chi connectivity index (χ3n) is 4.19. The van der Waals surface area contributed by atoms with Crippen LogP contribution in [0.1, 0.15) is 71.1 Å². The van der Waals surface area contributed by atoms with Crippen molar-refractivity contribution in [2.75, 3.05) is 14.1 Å². The third kappa shape index (κ3) is 7.28. The van der Waals surface area contributed by atoms with Crippen LogP contribution in [0.2, 0.25) is 0 Å². The molecule has 0 aromatic rings. The molecule has 0 spiro atoms. The fraction of sp³-hybridized carbons (Fsp3) is 0.941. The van der Waals surface area contributed by atoms with Crippen molar-refractivity contribution < 1.29 is 14.6 Å². The molecule has 1 unspecified atom stereocenters. The molecule has 1 amide bonds. The average Bonchev–Trinajstić information content (AvgIpc) is 3.24. The normalized spacial score (nSPS) is 22.1. The second-order valence-corrected chi connectivity index (χ2v) is 6.44. The maximum Gasteiger partial charge on any atom is 0.254 e. The fourth-order valence-corrected chi connectivity index (χ4v) is 2.70. The maximum atomic E-state index is 11.6. The lowest BCUT2D eigenvalue weighted by Gasteiger charge is -2.09. The smallest absolute Gasteiger partial charge is 0.254 e. The molecule has 1 N–H and O–H groups in total. The van der Waals surface area contributed by atoms with Crippen molar-refractivity contribution in [3.63, 3.8) is 0 Å². The number of aliphatic hydroxyl groups is 1. The first-order chi connectivity index (χ1) is 10.1. The molecule has 1 aliphatic rings. The summed E-state index contributed by atoms with van der Waals surface area (Å²) in [7, 11) is 3.43. The van der Waals surface area contributed by atoms with Crippen LogP contribution in [0.3, 0.4) is 0 Å². The zero-order valence-corrected chi connectivity index (χ0v) is 14.0. The molecule has 0 radical (unpaired) electrons. The molecule has 0 bridgehead atoms. The summed E-state index contributed by atoms with van der Waals surface area (Å²) in [6, 6.07) is 0. The van der Waals surface area contributed by atoms with E-state index in [1.54, 1.807) is 14.1 Å². The van der Waals surface area contributed by atoms with E-state index in [1.807, 2.05) is 0 Å². The monoisotopic (exact) mass is 299 g/mol. The number of hydrogen-bond acceptors (Lipinski definition) is 3. The highest BCUT2D eigenvalue weighted by Crippen LogP contribution is 2.29. The van der Waals surface area contributed by atoms with Gasteiger partial charge in [-0.25, -0.2) is 0 Å². The molecule has 1 fully saturated rings. The Morgan fingerprint density at radius 1 is 1.05 bits per heavy atom. The van der Waals surface area contributed by atoms with E-state index in [0.717, 1.165) is 12.8 Å². The van der Waals surface area contributed by atoms with Gasteiger partial charge in [-0.15, -0.1) is 0 Å². The molecule has 1 heterocycles. The van der Waals surface area contributed by atoms with Crippen LogP contribution in [0.15, 0.2) is 0 Å². The number of aliphatic hydroxyl groups excluding tert-OH is 1. The summed E-state index contributed by atoms with van der Waals surface area (Å²) in [6.07, 6.45) is 11.1. The van der Waals surface area contributed by atoms with E-state index in [1.165, 1.54) is 56.3 Å². The second-order valence-electron chi connectivity index (χ2n) is 6.44. The van der Waals surface area contributed by atoms with Gasteiger partial charge >= 0.3 is 0 Å². The molecule has 4 heteroatoms. The molecule has 21 heavy (non-hydrogen) atoms. The molecule has 1 aliphatic heterocycles. The van der Waals surface area contributed by atoms with Crippen LogP contribution >= 0.6 is 0 Å². The lowest BCUT2D eigenvalue weighted by Crippen LogP contribution is -2.30. The van der Waals surface area contributed by atoms with E-state index < -0.39 is 12.2 Å². The Bertz CT molecular complexity index is 294. The van der Waals surface area contributed by atoms with Gasteiger partial charge < -0.3 is 14.7 Å². The van der Waals surface area contributed by atoms with Crippen LogP contribution in [-0.2, 0) is 9.53 Å². The molecule has 1 saturated heterocycles. The summed E-state index contributed by atoms with van der Waals surface area (Å²) in [5.41, 5.74) is 0. The van der Waals surface area contributed by atoms with Crippen LogP contribution in [0.25, 0.3) is 0 Å². The summed E-state index contributed by atoms with van der Waals surface area (Å²) in [5, 5.41) is 9.99. The van der Waals surface area contributed by atoms with Crippen molar-refractivity contribution in [1.82, 2.24) is 4.90 Å². The van der Waals surface area contributed by atoms with Gasteiger partial charge in [0, 0.05) is 14.1 Å². The van der Waals surface area contributed by atoms with Crippen molar-refractivity contribution >= 4 is 5.91 Å². The maximum absolute atomic E-state index is 11.6. The molecule has 0 aromatic carbocycles. The standard InChI is InChI=1S/C17H33NO3/c1-4-5-6-7-8-9-10-11-12-13-14(19)15-16(21-15)17(20)18(2)3/h14-16,19H,4-13H2,1-3H3/t14?,15-,16-/m0/s1. The summed E-state index contributed by atoms with van der Waals surface area (Å²) < 4.78 is 5.29.